The quantitative estimate of drug-likeness (QED) is 0.803. The van der Waals surface area contributed by atoms with E-state index in [0.29, 0.717) is 13.0 Å². The Morgan fingerprint density at radius 2 is 1.85 bits per heavy atom. The SMILES string of the molecule is CCC[C@@H]1[C@H](C(=O)N2CCNCC2)CC(=O)N1c1ccc(OCC)cc1.Cl. The van der Waals surface area contributed by atoms with Gasteiger partial charge in [0, 0.05) is 44.3 Å². The highest BCUT2D eigenvalue weighted by atomic mass is 35.5. The normalized spacial score (nSPS) is 22.5. The van der Waals surface area contributed by atoms with Crippen molar-refractivity contribution in [2.75, 3.05) is 37.7 Å². The van der Waals surface area contributed by atoms with Crippen LogP contribution in [0.25, 0.3) is 0 Å². The third-order valence-electron chi connectivity index (χ3n) is 5.22. The van der Waals surface area contributed by atoms with E-state index < -0.39 is 0 Å². The van der Waals surface area contributed by atoms with Gasteiger partial charge in [0.25, 0.3) is 0 Å². The monoisotopic (exact) mass is 395 g/mol. The number of carbonyl (C=O) groups is 2. The third kappa shape index (κ3) is 4.74. The molecule has 2 heterocycles. The summed E-state index contributed by atoms with van der Waals surface area (Å²) >= 11 is 0. The summed E-state index contributed by atoms with van der Waals surface area (Å²) in [5.74, 6) is 0.725. The van der Waals surface area contributed by atoms with E-state index in [0.717, 1.165) is 50.5 Å². The van der Waals surface area contributed by atoms with Crippen LogP contribution in [0.15, 0.2) is 24.3 Å². The van der Waals surface area contributed by atoms with Crippen LogP contribution >= 0.6 is 12.4 Å². The van der Waals surface area contributed by atoms with E-state index in [1.165, 1.54) is 0 Å². The van der Waals surface area contributed by atoms with Crippen molar-refractivity contribution < 1.29 is 14.3 Å². The van der Waals surface area contributed by atoms with E-state index in [2.05, 4.69) is 12.2 Å². The van der Waals surface area contributed by atoms with Crippen LogP contribution in [0.2, 0.25) is 0 Å². The molecule has 2 fully saturated rings. The molecule has 0 aromatic heterocycles. The number of amides is 2. The minimum Gasteiger partial charge on any atom is -0.494 e. The standard InChI is InChI=1S/C20H29N3O3.ClH/c1-3-5-18-17(20(25)22-12-10-21-11-13-22)14-19(24)23(18)15-6-8-16(9-7-15)26-4-2;/h6-9,17-18,21H,3-5,10-14H2,1-2H3;1H/t17-,18-;/m1./s1. The molecule has 0 bridgehead atoms. The van der Waals surface area contributed by atoms with Crippen molar-refractivity contribution in [1.82, 2.24) is 10.2 Å². The number of halogens is 1. The molecule has 6 nitrogen and oxygen atoms in total. The molecule has 1 aromatic rings. The topological polar surface area (TPSA) is 61.9 Å². The summed E-state index contributed by atoms with van der Waals surface area (Å²) in [5, 5.41) is 3.27. The Morgan fingerprint density at radius 1 is 1.19 bits per heavy atom. The van der Waals surface area contributed by atoms with Gasteiger partial charge >= 0.3 is 0 Å². The lowest BCUT2D eigenvalue weighted by atomic mass is 9.94. The molecular formula is C20H30ClN3O3. The first-order valence-electron chi connectivity index (χ1n) is 9.70. The Kier molecular flexibility index (Phi) is 7.92. The first kappa shape index (κ1) is 21.5. The van der Waals surface area contributed by atoms with Gasteiger partial charge in [0.1, 0.15) is 5.75 Å². The summed E-state index contributed by atoms with van der Waals surface area (Å²) in [6.07, 6.45) is 2.08. The lowest BCUT2D eigenvalue weighted by Crippen LogP contribution is -2.50. The van der Waals surface area contributed by atoms with Crippen LogP contribution in [-0.4, -0.2) is 55.5 Å². The van der Waals surface area contributed by atoms with Gasteiger partial charge < -0.3 is 19.9 Å². The summed E-state index contributed by atoms with van der Waals surface area (Å²) in [5.41, 5.74) is 0.854. The van der Waals surface area contributed by atoms with Gasteiger partial charge in [-0.05, 0) is 37.6 Å². The fourth-order valence-corrected chi connectivity index (χ4v) is 3.99. The van der Waals surface area contributed by atoms with Gasteiger partial charge in [-0.2, -0.15) is 0 Å². The molecule has 7 heteroatoms. The highest BCUT2D eigenvalue weighted by Gasteiger charge is 2.45. The summed E-state index contributed by atoms with van der Waals surface area (Å²) in [6, 6.07) is 7.56. The molecule has 2 amide bonds. The number of ether oxygens (including phenoxy) is 1. The highest BCUT2D eigenvalue weighted by molar-refractivity contribution is 6.01. The van der Waals surface area contributed by atoms with Crippen molar-refractivity contribution in [3.8, 4) is 5.75 Å². The van der Waals surface area contributed by atoms with Gasteiger partial charge in [0.15, 0.2) is 0 Å². The average molecular weight is 396 g/mol. The molecule has 2 aliphatic heterocycles. The average Bonchev–Trinajstić information content (AvgIpc) is 2.99. The number of nitrogens with zero attached hydrogens (tertiary/aromatic N) is 2. The van der Waals surface area contributed by atoms with Crippen molar-refractivity contribution in [3.63, 3.8) is 0 Å². The van der Waals surface area contributed by atoms with E-state index in [-0.39, 0.29) is 36.2 Å². The maximum absolute atomic E-state index is 13.0. The number of hydrogen-bond donors (Lipinski definition) is 1. The molecule has 150 valence electrons. The van der Waals surface area contributed by atoms with E-state index >= 15 is 0 Å². The summed E-state index contributed by atoms with van der Waals surface area (Å²) < 4.78 is 5.49. The Labute approximate surface area is 167 Å². The van der Waals surface area contributed by atoms with Crippen LogP contribution in [-0.2, 0) is 9.59 Å². The Hall–Kier alpha value is -1.79. The van der Waals surface area contributed by atoms with E-state index in [9.17, 15) is 9.59 Å². The Bertz CT molecular complexity index is 632. The first-order valence-corrected chi connectivity index (χ1v) is 9.70. The molecular weight excluding hydrogens is 366 g/mol. The molecule has 2 saturated heterocycles. The fraction of sp³-hybridized carbons (Fsp3) is 0.600. The summed E-state index contributed by atoms with van der Waals surface area (Å²) in [7, 11) is 0. The molecule has 0 radical (unpaired) electrons. The summed E-state index contributed by atoms with van der Waals surface area (Å²) in [4.78, 5) is 29.6. The second kappa shape index (κ2) is 9.95. The number of hydrogen-bond acceptors (Lipinski definition) is 4. The van der Waals surface area contributed by atoms with Gasteiger partial charge in [-0.1, -0.05) is 13.3 Å². The number of benzene rings is 1. The van der Waals surface area contributed by atoms with Gasteiger partial charge in [-0.3, -0.25) is 9.59 Å². The maximum Gasteiger partial charge on any atom is 0.228 e. The lowest BCUT2D eigenvalue weighted by Gasteiger charge is -2.33. The second-order valence-electron chi connectivity index (χ2n) is 6.93. The Balaban J connectivity index is 0.00000261. The minimum absolute atomic E-state index is 0. The minimum atomic E-state index is -0.243. The fourth-order valence-electron chi connectivity index (χ4n) is 3.99. The van der Waals surface area contributed by atoms with Crippen LogP contribution in [0, 0.1) is 5.92 Å². The zero-order valence-corrected chi connectivity index (χ0v) is 17.0. The molecule has 0 unspecified atom stereocenters. The lowest BCUT2D eigenvalue weighted by molar-refractivity contribution is -0.137. The molecule has 0 saturated carbocycles. The van der Waals surface area contributed by atoms with Crippen LogP contribution in [0.1, 0.15) is 33.1 Å². The molecule has 2 aliphatic rings. The number of rotatable bonds is 6. The first-order chi connectivity index (χ1) is 12.7. The Morgan fingerprint density at radius 3 is 2.44 bits per heavy atom. The van der Waals surface area contributed by atoms with E-state index in [4.69, 9.17) is 4.74 Å². The van der Waals surface area contributed by atoms with Crippen molar-refractivity contribution >= 4 is 29.9 Å². The molecule has 1 aromatic carbocycles. The number of piperazine rings is 1. The summed E-state index contributed by atoms with van der Waals surface area (Å²) in [6.45, 7) is 7.77. The van der Waals surface area contributed by atoms with Crippen molar-refractivity contribution in [3.05, 3.63) is 24.3 Å². The van der Waals surface area contributed by atoms with Crippen LogP contribution < -0.4 is 15.0 Å². The zero-order chi connectivity index (χ0) is 18.5. The second-order valence-corrected chi connectivity index (χ2v) is 6.93. The van der Waals surface area contributed by atoms with Crippen LogP contribution in [0.5, 0.6) is 5.75 Å². The molecule has 27 heavy (non-hydrogen) atoms. The molecule has 1 N–H and O–H groups in total. The van der Waals surface area contributed by atoms with Gasteiger partial charge in [-0.25, -0.2) is 0 Å². The van der Waals surface area contributed by atoms with Gasteiger partial charge in [-0.15, -0.1) is 12.4 Å². The number of nitrogens with one attached hydrogen (secondary N) is 1. The van der Waals surface area contributed by atoms with Gasteiger partial charge in [0.05, 0.1) is 12.5 Å². The zero-order valence-electron chi connectivity index (χ0n) is 16.1. The van der Waals surface area contributed by atoms with Crippen LogP contribution in [0.3, 0.4) is 0 Å². The largest absolute Gasteiger partial charge is 0.494 e. The van der Waals surface area contributed by atoms with Crippen molar-refractivity contribution in [2.45, 2.75) is 39.2 Å². The van der Waals surface area contributed by atoms with E-state index in [1.807, 2.05) is 41.0 Å². The highest BCUT2D eigenvalue weighted by Crippen LogP contribution is 2.35. The number of carbonyl (C=O) groups excluding carboxylic acids is 2. The molecule has 2 atom stereocenters. The molecule has 0 spiro atoms. The van der Waals surface area contributed by atoms with Gasteiger partial charge in [0.2, 0.25) is 11.8 Å². The molecule has 3 rings (SSSR count). The smallest absolute Gasteiger partial charge is 0.228 e. The van der Waals surface area contributed by atoms with Crippen molar-refractivity contribution in [1.29, 1.82) is 0 Å². The predicted octanol–water partition coefficient (Wildman–Crippen LogP) is 2.46. The third-order valence-corrected chi connectivity index (χ3v) is 5.22. The molecule has 0 aliphatic carbocycles. The number of anilines is 1. The predicted molar refractivity (Wildman–Crippen MR) is 109 cm³/mol. The maximum atomic E-state index is 13.0. The van der Waals surface area contributed by atoms with Crippen molar-refractivity contribution in [2.24, 2.45) is 5.92 Å². The van der Waals surface area contributed by atoms with Crippen LogP contribution in [0.4, 0.5) is 5.69 Å². The van der Waals surface area contributed by atoms with E-state index in [1.54, 1.807) is 0 Å².